The van der Waals surface area contributed by atoms with Crippen LogP contribution < -0.4 is 0 Å². The summed E-state index contributed by atoms with van der Waals surface area (Å²) in [5.41, 5.74) is 3.71. The van der Waals surface area contributed by atoms with E-state index in [0.29, 0.717) is 33.4 Å². The minimum absolute atomic E-state index is 0.535. The van der Waals surface area contributed by atoms with E-state index in [4.69, 9.17) is 28.2 Å². The Bertz CT molecular complexity index is 1450. The van der Waals surface area contributed by atoms with Crippen molar-refractivity contribution in [3.8, 4) is 0 Å². The van der Waals surface area contributed by atoms with Gasteiger partial charge in [-0.3, -0.25) is 9.98 Å². The average molecular weight is 489 g/mol. The van der Waals surface area contributed by atoms with E-state index in [1.807, 2.05) is 67.7 Å². The molecule has 5 nitrogen and oxygen atoms in total. The van der Waals surface area contributed by atoms with Gasteiger partial charge in [0.1, 0.15) is 12.3 Å². The molecule has 0 spiro atoms. The van der Waals surface area contributed by atoms with Crippen LogP contribution in [0.4, 0.5) is 0 Å². The smallest absolute Gasteiger partial charge is 0.142 e. The van der Waals surface area contributed by atoms with Crippen LogP contribution in [0, 0.1) is 6.92 Å². The van der Waals surface area contributed by atoms with Crippen LogP contribution in [-0.2, 0) is 5.60 Å². The number of aliphatic imine (C=N–C) groups is 1. The summed E-state index contributed by atoms with van der Waals surface area (Å²) in [5.74, 6) is 0. The predicted molar refractivity (Wildman–Crippen MR) is 138 cm³/mol. The molecule has 0 radical (unpaired) electrons. The van der Waals surface area contributed by atoms with Crippen LogP contribution in [0.15, 0.2) is 78.2 Å². The number of nitrogens with zero attached hydrogens (tertiary/aromatic N) is 4. The van der Waals surface area contributed by atoms with Crippen molar-refractivity contribution in [1.29, 1.82) is 0 Å². The number of allylic oxidation sites excluding steroid dienone is 1. The number of aliphatic hydroxyl groups is 1. The monoisotopic (exact) mass is 488 g/mol. The molecule has 1 N–H and O–H groups in total. The molecule has 0 amide bonds. The van der Waals surface area contributed by atoms with E-state index >= 15 is 0 Å². The maximum atomic E-state index is 12.2. The minimum atomic E-state index is -1.48. The van der Waals surface area contributed by atoms with Crippen molar-refractivity contribution in [3.63, 3.8) is 0 Å². The van der Waals surface area contributed by atoms with Crippen LogP contribution in [0.25, 0.3) is 16.5 Å². The van der Waals surface area contributed by atoms with Crippen molar-refractivity contribution in [3.05, 3.63) is 111 Å². The highest BCUT2D eigenvalue weighted by molar-refractivity contribution is 6.36. The fourth-order valence-electron chi connectivity index (χ4n) is 4.32. The molecular weight excluding hydrogens is 467 g/mol. The molecule has 1 unspecified atom stereocenters. The number of hydrogen-bond acceptors (Lipinski definition) is 5. The molecule has 2 aromatic heterocycles. The van der Waals surface area contributed by atoms with Gasteiger partial charge in [0.05, 0.1) is 16.2 Å². The summed E-state index contributed by atoms with van der Waals surface area (Å²) < 4.78 is 0. The van der Waals surface area contributed by atoms with Crippen LogP contribution in [0.2, 0.25) is 10.0 Å². The highest BCUT2D eigenvalue weighted by atomic mass is 35.5. The van der Waals surface area contributed by atoms with Gasteiger partial charge < -0.3 is 10.0 Å². The lowest BCUT2D eigenvalue weighted by Gasteiger charge is -2.30. The summed E-state index contributed by atoms with van der Waals surface area (Å²) in [6, 6.07) is 16.5. The van der Waals surface area contributed by atoms with Gasteiger partial charge in [-0.15, -0.1) is 0 Å². The lowest BCUT2D eigenvalue weighted by molar-refractivity contribution is 0.125. The maximum Gasteiger partial charge on any atom is 0.142 e. The third-order valence-corrected chi connectivity index (χ3v) is 6.78. The van der Waals surface area contributed by atoms with Gasteiger partial charge in [0.2, 0.25) is 0 Å². The first-order chi connectivity index (χ1) is 16.4. The Hall–Kier alpha value is -3.25. The van der Waals surface area contributed by atoms with Crippen molar-refractivity contribution in [2.45, 2.75) is 12.5 Å². The zero-order valence-corrected chi connectivity index (χ0v) is 20.2. The number of benzene rings is 2. The first kappa shape index (κ1) is 22.5. The molecule has 0 saturated carbocycles. The standard InChI is InChI=1S/C27H22Cl2N4O/c1-17-25(29)23-12-20(8-9-24(23)32-26(17)18-13-31-16-33(2)15-18)27(34,21-6-4-10-30-14-21)19-5-3-7-22(28)11-19/h3-15,34H,16H2,1-2H3. The Morgan fingerprint density at radius 2 is 1.79 bits per heavy atom. The molecule has 0 bridgehead atoms. The van der Waals surface area contributed by atoms with Crippen molar-refractivity contribution in [1.82, 2.24) is 14.9 Å². The second kappa shape index (κ2) is 8.84. The van der Waals surface area contributed by atoms with Crippen molar-refractivity contribution in [2.75, 3.05) is 13.7 Å². The molecule has 1 aliphatic rings. The fraction of sp³-hybridized carbons (Fsp3) is 0.148. The number of pyridine rings is 2. The normalized spacial score (nSPS) is 15.3. The first-order valence-corrected chi connectivity index (χ1v) is 11.5. The lowest BCUT2D eigenvalue weighted by atomic mass is 9.80. The Morgan fingerprint density at radius 1 is 1.00 bits per heavy atom. The largest absolute Gasteiger partial charge is 0.376 e. The van der Waals surface area contributed by atoms with Crippen LogP contribution in [-0.4, -0.2) is 39.9 Å². The van der Waals surface area contributed by atoms with Crippen molar-refractivity contribution in [2.24, 2.45) is 4.99 Å². The Labute approximate surface area is 208 Å². The molecule has 0 saturated heterocycles. The van der Waals surface area contributed by atoms with Crippen LogP contribution >= 0.6 is 23.2 Å². The van der Waals surface area contributed by atoms with Crippen molar-refractivity contribution < 1.29 is 5.11 Å². The van der Waals surface area contributed by atoms with Gasteiger partial charge >= 0.3 is 0 Å². The first-order valence-electron chi connectivity index (χ1n) is 10.8. The molecular formula is C27H22Cl2N4O. The molecule has 5 rings (SSSR count). The molecule has 4 aromatic rings. The van der Waals surface area contributed by atoms with E-state index in [-0.39, 0.29) is 0 Å². The molecule has 0 fully saturated rings. The van der Waals surface area contributed by atoms with Crippen LogP contribution in [0.1, 0.15) is 27.9 Å². The Kier molecular flexibility index (Phi) is 5.86. The third-order valence-electron chi connectivity index (χ3n) is 6.06. The van der Waals surface area contributed by atoms with Gasteiger partial charge in [-0.05, 0) is 53.9 Å². The van der Waals surface area contributed by atoms with E-state index in [2.05, 4.69) is 9.98 Å². The molecule has 7 heteroatoms. The zero-order valence-electron chi connectivity index (χ0n) is 18.7. The second-order valence-corrected chi connectivity index (χ2v) is 9.20. The molecule has 2 aromatic carbocycles. The van der Waals surface area contributed by atoms with E-state index in [1.54, 1.807) is 30.6 Å². The third kappa shape index (κ3) is 3.86. The Morgan fingerprint density at radius 3 is 2.53 bits per heavy atom. The fourth-order valence-corrected chi connectivity index (χ4v) is 4.75. The van der Waals surface area contributed by atoms with Gasteiger partial charge in [-0.1, -0.05) is 47.5 Å². The van der Waals surface area contributed by atoms with E-state index in [1.165, 1.54) is 0 Å². The highest BCUT2D eigenvalue weighted by Gasteiger charge is 2.35. The molecule has 3 heterocycles. The van der Waals surface area contributed by atoms with Gasteiger partial charge in [0, 0.05) is 53.4 Å². The van der Waals surface area contributed by atoms with E-state index < -0.39 is 5.60 Å². The molecule has 170 valence electrons. The van der Waals surface area contributed by atoms with E-state index in [9.17, 15) is 5.11 Å². The summed E-state index contributed by atoms with van der Waals surface area (Å²) in [6.45, 7) is 2.56. The SMILES string of the molecule is Cc1c(C2=CN(C)CN=C2)nc2ccc(C(O)(c3cccnc3)c3cccc(Cl)c3)cc2c1Cl. The second-order valence-electron chi connectivity index (χ2n) is 8.39. The summed E-state index contributed by atoms with van der Waals surface area (Å²) in [7, 11) is 1.97. The molecule has 0 aliphatic carbocycles. The van der Waals surface area contributed by atoms with Gasteiger partial charge in [-0.2, -0.15) is 0 Å². The summed E-state index contributed by atoms with van der Waals surface area (Å²) in [4.78, 5) is 15.5. The van der Waals surface area contributed by atoms with Crippen molar-refractivity contribution >= 4 is 45.9 Å². The molecule has 1 aliphatic heterocycles. The van der Waals surface area contributed by atoms with E-state index in [0.717, 1.165) is 27.7 Å². The average Bonchev–Trinajstić information content (AvgIpc) is 2.86. The summed E-state index contributed by atoms with van der Waals surface area (Å²) in [5, 5.41) is 14.0. The quantitative estimate of drug-likeness (QED) is 0.391. The van der Waals surface area contributed by atoms with Gasteiger partial charge in [0.15, 0.2) is 0 Å². The topological polar surface area (TPSA) is 61.6 Å². The number of aromatic nitrogens is 2. The predicted octanol–water partition coefficient (Wildman–Crippen LogP) is 5.84. The number of fused-ring (bicyclic) bond motifs is 1. The summed E-state index contributed by atoms with van der Waals surface area (Å²) in [6.07, 6.45) is 7.17. The van der Waals surface area contributed by atoms with Gasteiger partial charge in [-0.25, -0.2) is 4.98 Å². The zero-order chi connectivity index (χ0) is 23.9. The number of halogens is 2. The Balaban J connectivity index is 1.72. The number of hydrogen-bond donors (Lipinski definition) is 1. The highest BCUT2D eigenvalue weighted by Crippen LogP contribution is 2.40. The van der Waals surface area contributed by atoms with Crippen LogP contribution in [0.3, 0.4) is 0 Å². The molecule has 34 heavy (non-hydrogen) atoms. The summed E-state index contributed by atoms with van der Waals surface area (Å²) >= 11 is 13.2. The molecule has 1 atom stereocenters. The minimum Gasteiger partial charge on any atom is -0.376 e. The maximum absolute atomic E-state index is 12.2. The number of rotatable bonds is 4. The lowest BCUT2D eigenvalue weighted by Crippen LogP contribution is -2.29. The van der Waals surface area contributed by atoms with Crippen LogP contribution in [0.5, 0.6) is 0 Å². The van der Waals surface area contributed by atoms with Gasteiger partial charge in [0.25, 0.3) is 0 Å².